The molecule has 0 fully saturated rings. The van der Waals surface area contributed by atoms with Crippen molar-refractivity contribution in [3.63, 3.8) is 0 Å². The third-order valence-corrected chi connectivity index (χ3v) is 3.21. The Bertz CT molecular complexity index is 593. The lowest BCUT2D eigenvalue weighted by atomic mass is 10.1. The molecule has 1 aromatic carbocycles. The summed E-state index contributed by atoms with van der Waals surface area (Å²) in [6.45, 7) is 1.81. The zero-order valence-corrected chi connectivity index (χ0v) is 12.4. The van der Waals surface area contributed by atoms with Crippen LogP contribution in [0.15, 0.2) is 38.9 Å². The van der Waals surface area contributed by atoms with E-state index in [1.54, 1.807) is 0 Å². The zero-order chi connectivity index (χ0) is 14.5. The molecular weight excluding hydrogens is 324 g/mol. The van der Waals surface area contributed by atoms with Crippen LogP contribution in [-0.2, 0) is 9.59 Å². The summed E-state index contributed by atoms with van der Waals surface area (Å²) in [6, 6.07) is 7.61. The van der Waals surface area contributed by atoms with Gasteiger partial charge in [0, 0.05) is 4.47 Å². The first-order valence-electron chi connectivity index (χ1n) is 5.98. The van der Waals surface area contributed by atoms with E-state index in [1.807, 2.05) is 31.2 Å². The number of hydrogen-bond donors (Lipinski definition) is 2. The highest BCUT2D eigenvalue weighted by Gasteiger charge is 2.17. The van der Waals surface area contributed by atoms with Crippen LogP contribution in [0.25, 0.3) is 0 Å². The monoisotopic (exact) mass is 336 g/mol. The predicted molar refractivity (Wildman–Crippen MR) is 79.3 cm³/mol. The second kappa shape index (κ2) is 6.42. The molecule has 0 aromatic heterocycles. The van der Waals surface area contributed by atoms with Crippen molar-refractivity contribution in [2.24, 2.45) is 10.2 Å². The van der Waals surface area contributed by atoms with Crippen molar-refractivity contribution < 1.29 is 9.59 Å². The number of carbonyl (C=O) groups is 2. The molecule has 0 bridgehead atoms. The zero-order valence-electron chi connectivity index (χ0n) is 10.8. The molecule has 1 aromatic rings. The Morgan fingerprint density at radius 3 is 2.75 bits per heavy atom. The molecule has 1 aliphatic heterocycles. The number of nitrogens with zero attached hydrogens (tertiary/aromatic N) is 2. The lowest BCUT2D eigenvalue weighted by Crippen LogP contribution is -2.22. The van der Waals surface area contributed by atoms with Crippen LogP contribution in [0.4, 0.5) is 0 Å². The summed E-state index contributed by atoms with van der Waals surface area (Å²) in [4.78, 5) is 22.6. The minimum Gasteiger partial charge on any atom is -0.273 e. The molecule has 7 heteroatoms. The Hall–Kier alpha value is -2.02. The second-order valence-electron chi connectivity index (χ2n) is 4.31. The van der Waals surface area contributed by atoms with E-state index in [2.05, 4.69) is 37.0 Å². The Morgan fingerprint density at radius 1 is 1.45 bits per heavy atom. The van der Waals surface area contributed by atoms with Crippen molar-refractivity contribution >= 4 is 39.2 Å². The Morgan fingerprint density at radius 2 is 2.15 bits per heavy atom. The number of nitrogens with one attached hydrogen (secondary N) is 2. The van der Waals surface area contributed by atoms with E-state index >= 15 is 0 Å². The number of hydrogen-bond acceptors (Lipinski definition) is 4. The first-order valence-corrected chi connectivity index (χ1v) is 6.77. The highest BCUT2D eigenvalue weighted by atomic mass is 79.9. The van der Waals surface area contributed by atoms with E-state index in [0.29, 0.717) is 11.4 Å². The molecule has 0 spiro atoms. The van der Waals surface area contributed by atoms with Crippen LogP contribution in [0.1, 0.15) is 25.3 Å². The lowest BCUT2D eigenvalue weighted by molar-refractivity contribution is -0.119. The summed E-state index contributed by atoms with van der Waals surface area (Å²) in [5.41, 5.74) is 6.89. The standard InChI is InChI=1S/C13H13BrN4O2/c1-8(9-2-4-10(14)5-3-9)15-17-12(19)6-11-7-13(20)18-16-11/h2-5H,6-7H2,1H3,(H,17,19)(H,18,20). The van der Waals surface area contributed by atoms with Gasteiger partial charge in [0.15, 0.2) is 0 Å². The second-order valence-corrected chi connectivity index (χ2v) is 5.22. The van der Waals surface area contributed by atoms with E-state index < -0.39 is 0 Å². The summed E-state index contributed by atoms with van der Waals surface area (Å²) >= 11 is 3.35. The minimum absolute atomic E-state index is 0.0653. The lowest BCUT2D eigenvalue weighted by Gasteiger charge is -2.02. The first kappa shape index (κ1) is 14.4. The smallest absolute Gasteiger partial charge is 0.245 e. The fourth-order valence-corrected chi connectivity index (χ4v) is 1.90. The molecule has 2 rings (SSSR count). The summed E-state index contributed by atoms with van der Waals surface area (Å²) in [5, 5.41) is 7.78. The molecule has 2 amide bonds. The van der Waals surface area contributed by atoms with E-state index in [4.69, 9.17) is 0 Å². The molecule has 0 saturated heterocycles. The van der Waals surface area contributed by atoms with Crippen molar-refractivity contribution in [3.05, 3.63) is 34.3 Å². The van der Waals surface area contributed by atoms with Gasteiger partial charge in [-0.3, -0.25) is 9.59 Å². The van der Waals surface area contributed by atoms with Crippen molar-refractivity contribution in [1.29, 1.82) is 0 Å². The largest absolute Gasteiger partial charge is 0.273 e. The third-order valence-electron chi connectivity index (χ3n) is 2.68. The molecule has 2 N–H and O–H groups in total. The number of benzene rings is 1. The van der Waals surface area contributed by atoms with Crippen molar-refractivity contribution in [3.8, 4) is 0 Å². The molecule has 6 nitrogen and oxygen atoms in total. The minimum atomic E-state index is -0.295. The first-order chi connectivity index (χ1) is 9.54. The van der Waals surface area contributed by atoms with Crippen molar-refractivity contribution in [2.75, 3.05) is 0 Å². The summed E-state index contributed by atoms with van der Waals surface area (Å²) in [7, 11) is 0. The van der Waals surface area contributed by atoms with Gasteiger partial charge in [0.25, 0.3) is 0 Å². The van der Waals surface area contributed by atoms with Crippen LogP contribution in [0.2, 0.25) is 0 Å². The normalized spacial score (nSPS) is 14.8. The van der Waals surface area contributed by atoms with E-state index in [1.165, 1.54) is 0 Å². The fraction of sp³-hybridized carbons (Fsp3) is 0.231. The van der Waals surface area contributed by atoms with Gasteiger partial charge in [0.05, 0.1) is 24.3 Å². The number of carbonyl (C=O) groups excluding carboxylic acids is 2. The maximum absolute atomic E-state index is 11.6. The topological polar surface area (TPSA) is 82.9 Å². The summed E-state index contributed by atoms with van der Waals surface area (Å²) in [6.07, 6.45) is 0.235. The SMILES string of the molecule is CC(=NNC(=O)CC1=NNC(=O)C1)c1ccc(Br)cc1. The molecule has 1 heterocycles. The van der Waals surface area contributed by atoms with E-state index in [-0.39, 0.29) is 24.7 Å². The van der Waals surface area contributed by atoms with Gasteiger partial charge in [-0.1, -0.05) is 28.1 Å². The van der Waals surface area contributed by atoms with Gasteiger partial charge in [-0.25, -0.2) is 10.9 Å². The van der Waals surface area contributed by atoms with Crippen LogP contribution >= 0.6 is 15.9 Å². The van der Waals surface area contributed by atoms with Crippen LogP contribution < -0.4 is 10.9 Å². The van der Waals surface area contributed by atoms with Gasteiger partial charge in [0.1, 0.15) is 0 Å². The molecule has 0 atom stereocenters. The molecule has 0 radical (unpaired) electrons. The fourth-order valence-electron chi connectivity index (χ4n) is 1.63. The Balaban J connectivity index is 1.90. The van der Waals surface area contributed by atoms with Crippen LogP contribution in [-0.4, -0.2) is 23.2 Å². The molecule has 20 heavy (non-hydrogen) atoms. The number of hydrazone groups is 2. The Kier molecular flexibility index (Phi) is 4.62. The summed E-state index contributed by atoms with van der Waals surface area (Å²) in [5.74, 6) is -0.487. The maximum atomic E-state index is 11.6. The van der Waals surface area contributed by atoms with Gasteiger partial charge in [-0.15, -0.1) is 0 Å². The van der Waals surface area contributed by atoms with E-state index in [0.717, 1.165) is 10.0 Å². The Labute approximate surface area is 124 Å². The number of halogens is 1. The predicted octanol–water partition coefficient (Wildman–Crippen LogP) is 1.56. The van der Waals surface area contributed by atoms with Gasteiger partial charge in [-0.05, 0) is 24.6 Å². The molecule has 104 valence electrons. The summed E-state index contributed by atoms with van der Waals surface area (Å²) < 4.78 is 0.981. The van der Waals surface area contributed by atoms with Crippen molar-refractivity contribution in [2.45, 2.75) is 19.8 Å². The van der Waals surface area contributed by atoms with Gasteiger partial charge in [0.2, 0.25) is 11.8 Å². The van der Waals surface area contributed by atoms with Crippen LogP contribution in [0.5, 0.6) is 0 Å². The van der Waals surface area contributed by atoms with Gasteiger partial charge < -0.3 is 0 Å². The molecule has 1 aliphatic rings. The highest BCUT2D eigenvalue weighted by Crippen LogP contribution is 2.11. The average molecular weight is 337 g/mol. The molecule has 0 aliphatic carbocycles. The highest BCUT2D eigenvalue weighted by molar-refractivity contribution is 9.10. The van der Waals surface area contributed by atoms with Gasteiger partial charge in [-0.2, -0.15) is 10.2 Å². The van der Waals surface area contributed by atoms with Gasteiger partial charge >= 0.3 is 0 Å². The number of rotatable bonds is 4. The number of amides is 2. The van der Waals surface area contributed by atoms with Crippen LogP contribution in [0.3, 0.4) is 0 Å². The van der Waals surface area contributed by atoms with Crippen LogP contribution in [0, 0.1) is 0 Å². The molecule has 0 unspecified atom stereocenters. The maximum Gasteiger partial charge on any atom is 0.245 e. The average Bonchev–Trinajstić information content (AvgIpc) is 2.82. The van der Waals surface area contributed by atoms with Crippen molar-refractivity contribution in [1.82, 2.24) is 10.9 Å². The third kappa shape index (κ3) is 3.99. The molecular formula is C13H13BrN4O2. The quantitative estimate of drug-likeness (QED) is 0.646. The molecule has 0 saturated carbocycles. The van der Waals surface area contributed by atoms with E-state index in [9.17, 15) is 9.59 Å².